The van der Waals surface area contributed by atoms with E-state index in [9.17, 15) is 4.79 Å². The predicted molar refractivity (Wildman–Crippen MR) is 95.2 cm³/mol. The molecule has 0 radical (unpaired) electrons. The molecule has 2 rings (SSSR count). The first-order chi connectivity index (χ1) is 11.2. The van der Waals surface area contributed by atoms with Crippen molar-refractivity contribution in [2.24, 2.45) is 0 Å². The minimum atomic E-state index is -0.710. The summed E-state index contributed by atoms with van der Waals surface area (Å²) in [7, 11) is 0. The number of rotatable bonds is 8. The second kappa shape index (κ2) is 11.0. The van der Waals surface area contributed by atoms with Crippen LogP contribution in [-0.2, 0) is 4.79 Å². The Kier molecular flexibility index (Phi) is 9.41. The van der Waals surface area contributed by atoms with Crippen LogP contribution in [0.25, 0.3) is 0 Å². The Labute approximate surface area is 149 Å². The second-order valence-corrected chi connectivity index (χ2v) is 5.66. The molecule has 1 fully saturated rings. The molecule has 0 unspecified atom stereocenters. The number of carboxylic acid groups (broad SMARTS) is 1. The summed E-state index contributed by atoms with van der Waals surface area (Å²) >= 11 is 0. The van der Waals surface area contributed by atoms with Gasteiger partial charge in [0.15, 0.2) is 0 Å². The van der Waals surface area contributed by atoms with Gasteiger partial charge in [-0.25, -0.2) is 4.98 Å². The SMILES string of the molecule is CCOc1ccnc(N2CCCN(CCCCC(=O)O)CC2)n1.Cl. The second-order valence-electron chi connectivity index (χ2n) is 5.66. The van der Waals surface area contributed by atoms with Crippen molar-refractivity contribution in [3.63, 3.8) is 0 Å². The Morgan fingerprint density at radius 3 is 2.88 bits per heavy atom. The lowest BCUT2D eigenvalue weighted by Crippen LogP contribution is -2.32. The molecule has 0 aromatic carbocycles. The number of carboxylic acids is 1. The van der Waals surface area contributed by atoms with Gasteiger partial charge >= 0.3 is 5.97 Å². The van der Waals surface area contributed by atoms with Crippen molar-refractivity contribution in [1.29, 1.82) is 0 Å². The number of nitrogens with zero attached hydrogens (tertiary/aromatic N) is 4. The zero-order valence-corrected chi connectivity index (χ0v) is 15.0. The number of hydrogen-bond donors (Lipinski definition) is 1. The standard InChI is InChI=1S/C16H26N4O3.ClH/c1-2-23-14-7-8-17-16(18-14)20-11-5-10-19(12-13-20)9-4-3-6-15(21)22;/h7-8H,2-6,9-13H2,1H3,(H,21,22);1H. The average molecular weight is 359 g/mol. The number of halogens is 1. The Hall–Kier alpha value is -1.60. The summed E-state index contributed by atoms with van der Waals surface area (Å²) in [6.45, 7) is 7.30. The van der Waals surface area contributed by atoms with Crippen LogP contribution in [0.15, 0.2) is 12.3 Å². The highest BCUT2D eigenvalue weighted by Crippen LogP contribution is 2.15. The first-order valence-electron chi connectivity index (χ1n) is 8.34. The van der Waals surface area contributed by atoms with Gasteiger partial charge < -0.3 is 19.6 Å². The smallest absolute Gasteiger partial charge is 0.303 e. The minimum Gasteiger partial charge on any atom is -0.481 e. The van der Waals surface area contributed by atoms with E-state index in [0.717, 1.165) is 57.9 Å². The van der Waals surface area contributed by atoms with Crippen molar-refractivity contribution >= 4 is 24.3 Å². The van der Waals surface area contributed by atoms with Crippen LogP contribution in [0.3, 0.4) is 0 Å². The fraction of sp³-hybridized carbons (Fsp3) is 0.688. The van der Waals surface area contributed by atoms with Crippen LogP contribution in [0.5, 0.6) is 5.88 Å². The Morgan fingerprint density at radius 2 is 2.12 bits per heavy atom. The lowest BCUT2D eigenvalue weighted by molar-refractivity contribution is -0.137. The molecule has 0 amide bonds. The summed E-state index contributed by atoms with van der Waals surface area (Å²) in [5.74, 6) is 0.634. The number of ether oxygens (including phenoxy) is 1. The third kappa shape index (κ3) is 6.88. The molecule has 1 aliphatic rings. The zero-order chi connectivity index (χ0) is 16.5. The Bertz CT molecular complexity index is 504. The third-order valence-corrected chi connectivity index (χ3v) is 3.90. The van der Waals surface area contributed by atoms with Gasteiger partial charge in [0.05, 0.1) is 6.61 Å². The lowest BCUT2D eigenvalue weighted by Gasteiger charge is -2.22. The topological polar surface area (TPSA) is 78.8 Å². The highest BCUT2D eigenvalue weighted by Gasteiger charge is 2.17. The van der Waals surface area contributed by atoms with E-state index in [1.165, 1.54) is 0 Å². The van der Waals surface area contributed by atoms with Crippen molar-refractivity contribution < 1.29 is 14.6 Å². The van der Waals surface area contributed by atoms with Gasteiger partial charge in [-0.15, -0.1) is 12.4 Å². The third-order valence-electron chi connectivity index (χ3n) is 3.90. The Morgan fingerprint density at radius 1 is 1.29 bits per heavy atom. The average Bonchev–Trinajstić information content (AvgIpc) is 2.78. The highest BCUT2D eigenvalue weighted by molar-refractivity contribution is 5.85. The molecule has 0 bridgehead atoms. The van der Waals surface area contributed by atoms with E-state index in [-0.39, 0.29) is 18.8 Å². The highest BCUT2D eigenvalue weighted by atomic mass is 35.5. The molecule has 0 spiro atoms. The van der Waals surface area contributed by atoms with Crippen LogP contribution < -0.4 is 9.64 Å². The summed E-state index contributed by atoms with van der Waals surface area (Å²) in [4.78, 5) is 23.9. The molecule has 24 heavy (non-hydrogen) atoms. The van der Waals surface area contributed by atoms with Crippen LogP contribution in [0, 0.1) is 0 Å². The number of aromatic nitrogens is 2. The van der Waals surface area contributed by atoms with E-state index in [0.29, 0.717) is 12.5 Å². The van der Waals surface area contributed by atoms with Crippen molar-refractivity contribution in [1.82, 2.24) is 14.9 Å². The fourth-order valence-corrected chi connectivity index (χ4v) is 2.72. The Balaban J connectivity index is 0.00000288. The van der Waals surface area contributed by atoms with E-state index < -0.39 is 5.97 Å². The maximum absolute atomic E-state index is 10.5. The van der Waals surface area contributed by atoms with E-state index in [4.69, 9.17) is 9.84 Å². The molecule has 8 heteroatoms. The number of anilines is 1. The fourth-order valence-electron chi connectivity index (χ4n) is 2.72. The molecule has 1 aromatic rings. The van der Waals surface area contributed by atoms with Crippen molar-refractivity contribution in [3.05, 3.63) is 12.3 Å². The van der Waals surface area contributed by atoms with E-state index in [1.54, 1.807) is 12.3 Å². The molecular weight excluding hydrogens is 332 g/mol. The normalized spacial score (nSPS) is 15.5. The van der Waals surface area contributed by atoms with Crippen molar-refractivity contribution in [2.45, 2.75) is 32.6 Å². The molecule has 0 atom stereocenters. The predicted octanol–water partition coefficient (Wildman–Crippen LogP) is 2.06. The zero-order valence-electron chi connectivity index (χ0n) is 14.2. The van der Waals surface area contributed by atoms with Gasteiger partial charge in [-0.3, -0.25) is 4.79 Å². The maximum atomic E-state index is 10.5. The van der Waals surface area contributed by atoms with E-state index in [2.05, 4.69) is 19.8 Å². The molecule has 1 aliphatic heterocycles. The molecule has 2 heterocycles. The maximum Gasteiger partial charge on any atom is 0.303 e. The van der Waals surface area contributed by atoms with Gasteiger partial charge in [0, 0.05) is 38.3 Å². The first-order valence-corrected chi connectivity index (χ1v) is 8.34. The lowest BCUT2D eigenvalue weighted by atomic mass is 10.2. The van der Waals surface area contributed by atoms with Gasteiger partial charge in [-0.2, -0.15) is 4.98 Å². The van der Waals surface area contributed by atoms with Gasteiger partial charge in [0.1, 0.15) is 0 Å². The van der Waals surface area contributed by atoms with Crippen LogP contribution in [0.2, 0.25) is 0 Å². The van der Waals surface area contributed by atoms with E-state index in [1.807, 2.05) is 6.92 Å². The van der Waals surface area contributed by atoms with Gasteiger partial charge in [0.25, 0.3) is 0 Å². The number of aliphatic carboxylic acids is 1. The van der Waals surface area contributed by atoms with Crippen molar-refractivity contribution in [3.8, 4) is 5.88 Å². The summed E-state index contributed by atoms with van der Waals surface area (Å²) < 4.78 is 5.44. The van der Waals surface area contributed by atoms with E-state index >= 15 is 0 Å². The number of hydrogen-bond acceptors (Lipinski definition) is 6. The first kappa shape index (κ1) is 20.4. The van der Waals surface area contributed by atoms with Gasteiger partial charge in [-0.1, -0.05) is 0 Å². The molecule has 1 aromatic heterocycles. The van der Waals surface area contributed by atoms with Crippen LogP contribution in [0.4, 0.5) is 5.95 Å². The summed E-state index contributed by atoms with van der Waals surface area (Å²) in [6, 6.07) is 1.78. The molecule has 7 nitrogen and oxygen atoms in total. The summed E-state index contributed by atoms with van der Waals surface area (Å²) in [5, 5.41) is 8.67. The minimum absolute atomic E-state index is 0. The molecule has 1 saturated heterocycles. The number of unbranched alkanes of at least 4 members (excludes halogenated alkanes) is 1. The number of carbonyl (C=O) groups is 1. The molecule has 0 aliphatic carbocycles. The quantitative estimate of drug-likeness (QED) is 0.712. The van der Waals surface area contributed by atoms with Crippen LogP contribution >= 0.6 is 12.4 Å². The summed E-state index contributed by atoms with van der Waals surface area (Å²) in [6.07, 6.45) is 4.73. The van der Waals surface area contributed by atoms with Gasteiger partial charge in [0.2, 0.25) is 11.8 Å². The van der Waals surface area contributed by atoms with Crippen molar-refractivity contribution in [2.75, 3.05) is 44.2 Å². The van der Waals surface area contributed by atoms with Gasteiger partial charge in [-0.05, 0) is 39.3 Å². The molecule has 0 saturated carbocycles. The monoisotopic (exact) mass is 358 g/mol. The van der Waals surface area contributed by atoms with Crippen LogP contribution in [0.1, 0.15) is 32.6 Å². The molecule has 1 N–H and O–H groups in total. The molecule has 136 valence electrons. The van der Waals surface area contributed by atoms with Crippen LogP contribution in [-0.4, -0.2) is 65.3 Å². The summed E-state index contributed by atoms with van der Waals surface area (Å²) in [5.41, 5.74) is 0. The largest absolute Gasteiger partial charge is 0.481 e. The molecular formula is C16H27ClN4O3.